The lowest BCUT2D eigenvalue weighted by molar-refractivity contribution is 0.147. The molecule has 2 fully saturated rings. The first-order chi connectivity index (χ1) is 7.09. The molecule has 0 radical (unpaired) electrons. The highest BCUT2D eigenvalue weighted by atomic mass is 15.1. The van der Waals surface area contributed by atoms with Crippen LogP contribution in [-0.2, 0) is 0 Å². The maximum atomic E-state index is 5.92. The van der Waals surface area contributed by atoms with Crippen LogP contribution < -0.4 is 5.73 Å². The van der Waals surface area contributed by atoms with E-state index < -0.39 is 0 Å². The zero-order chi connectivity index (χ0) is 10.9. The molecule has 0 unspecified atom stereocenters. The Morgan fingerprint density at radius 3 is 2.53 bits per heavy atom. The molecule has 0 aromatic carbocycles. The number of hydrogen-bond acceptors (Lipinski definition) is 2. The predicted octanol–water partition coefficient (Wildman–Crippen LogP) is 1.49. The number of nitrogens with zero attached hydrogens (tertiary/aromatic N) is 2. The Hall–Kier alpha value is -0.570. The lowest BCUT2D eigenvalue weighted by atomic mass is 9.80. The zero-order valence-electron chi connectivity index (χ0n) is 10.00. The van der Waals surface area contributed by atoms with Crippen molar-refractivity contribution in [2.75, 3.05) is 26.7 Å². The molecule has 3 nitrogen and oxygen atoms in total. The summed E-state index contributed by atoms with van der Waals surface area (Å²) in [6, 6.07) is 0. The molecule has 1 saturated carbocycles. The summed E-state index contributed by atoms with van der Waals surface area (Å²) in [5.74, 6) is 1.54. The molecule has 1 aliphatic carbocycles. The summed E-state index contributed by atoms with van der Waals surface area (Å²) in [7, 11) is 2.20. The molecule has 1 heterocycles. The van der Waals surface area contributed by atoms with E-state index in [-0.39, 0.29) is 0 Å². The van der Waals surface area contributed by atoms with Crippen LogP contribution in [-0.4, -0.2) is 37.4 Å². The first-order valence-electron chi connectivity index (χ1n) is 6.07. The fraction of sp³-hybridized carbons (Fsp3) is 0.917. The highest BCUT2D eigenvalue weighted by molar-refractivity contribution is 5.84. The van der Waals surface area contributed by atoms with E-state index >= 15 is 0 Å². The van der Waals surface area contributed by atoms with Crippen LogP contribution in [0.3, 0.4) is 0 Å². The molecule has 0 spiro atoms. The molecule has 2 N–H and O–H groups in total. The topological polar surface area (TPSA) is 41.6 Å². The summed E-state index contributed by atoms with van der Waals surface area (Å²) in [5, 5.41) is 0. The molecule has 2 rings (SSSR count). The summed E-state index contributed by atoms with van der Waals surface area (Å²) in [6.07, 6.45) is 5.03. The number of nitrogens with two attached hydrogens (primary N) is 1. The average molecular weight is 209 g/mol. The van der Waals surface area contributed by atoms with Crippen LogP contribution >= 0.6 is 0 Å². The Labute approximate surface area is 92.7 Å². The third-order valence-electron chi connectivity index (χ3n) is 3.83. The minimum atomic E-state index is 0.395. The summed E-state index contributed by atoms with van der Waals surface area (Å²) in [6.45, 7) is 5.69. The summed E-state index contributed by atoms with van der Waals surface area (Å²) in [5.41, 5.74) is 6.32. The fourth-order valence-corrected chi connectivity index (χ4v) is 2.11. The van der Waals surface area contributed by atoms with E-state index in [0.29, 0.717) is 11.3 Å². The van der Waals surface area contributed by atoms with Crippen LogP contribution in [0, 0.1) is 11.3 Å². The Bertz CT molecular complexity index is 248. The van der Waals surface area contributed by atoms with E-state index in [1.54, 1.807) is 0 Å². The lowest BCUT2D eigenvalue weighted by Crippen LogP contribution is -2.38. The first-order valence-corrected chi connectivity index (χ1v) is 6.07. The molecular formula is C12H23N3. The molecule has 15 heavy (non-hydrogen) atoms. The van der Waals surface area contributed by atoms with Crippen molar-refractivity contribution in [3.05, 3.63) is 0 Å². The molecule has 0 aromatic rings. The lowest BCUT2D eigenvalue weighted by Gasteiger charge is -2.36. The zero-order valence-corrected chi connectivity index (χ0v) is 10.00. The van der Waals surface area contributed by atoms with Gasteiger partial charge in [0.25, 0.3) is 0 Å². The van der Waals surface area contributed by atoms with Gasteiger partial charge in [0.05, 0.1) is 5.84 Å². The van der Waals surface area contributed by atoms with Gasteiger partial charge in [-0.2, -0.15) is 0 Å². The van der Waals surface area contributed by atoms with Crippen molar-refractivity contribution in [1.82, 2.24) is 4.90 Å². The first kappa shape index (κ1) is 10.9. The number of aliphatic imine (C=N–C) groups is 1. The minimum Gasteiger partial charge on any atom is -0.387 e. The Balaban J connectivity index is 1.84. The molecule has 0 atom stereocenters. The standard InChI is InChI=1S/C12H23N3/c1-12(5-7-15(2)8-6-12)9-14-11(13)10-3-4-10/h10H,3-9H2,1-2H3,(H2,13,14). The van der Waals surface area contributed by atoms with Gasteiger partial charge in [0.2, 0.25) is 0 Å². The van der Waals surface area contributed by atoms with Crippen LogP contribution in [0.25, 0.3) is 0 Å². The number of amidine groups is 1. The maximum Gasteiger partial charge on any atom is 0.0968 e. The number of piperidine rings is 1. The van der Waals surface area contributed by atoms with E-state index in [1.807, 2.05) is 0 Å². The van der Waals surface area contributed by atoms with Crippen LogP contribution in [0.2, 0.25) is 0 Å². The maximum absolute atomic E-state index is 5.92. The molecule has 86 valence electrons. The second-order valence-electron chi connectivity index (χ2n) is 5.63. The average Bonchev–Trinajstić information content (AvgIpc) is 3.03. The monoisotopic (exact) mass is 209 g/mol. The Kier molecular flexibility index (Phi) is 3.01. The molecule has 1 saturated heterocycles. The van der Waals surface area contributed by atoms with E-state index in [9.17, 15) is 0 Å². The van der Waals surface area contributed by atoms with Crippen LogP contribution in [0.4, 0.5) is 0 Å². The third-order valence-corrected chi connectivity index (χ3v) is 3.83. The fourth-order valence-electron chi connectivity index (χ4n) is 2.11. The molecule has 0 aromatic heterocycles. The third kappa shape index (κ3) is 2.94. The van der Waals surface area contributed by atoms with E-state index in [0.717, 1.165) is 12.4 Å². The van der Waals surface area contributed by atoms with Crippen molar-refractivity contribution in [3.63, 3.8) is 0 Å². The molecule has 0 bridgehead atoms. The quantitative estimate of drug-likeness (QED) is 0.565. The minimum absolute atomic E-state index is 0.395. The Morgan fingerprint density at radius 2 is 2.00 bits per heavy atom. The Morgan fingerprint density at radius 1 is 1.40 bits per heavy atom. The van der Waals surface area contributed by atoms with Gasteiger partial charge in [0.15, 0.2) is 0 Å². The van der Waals surface area contributed by atoms with E-state index in [1.165, 1.54) is 38.8 Å². The molecule has 1 aliphatic heterocycles. The summed E-state index contributed by atoms with van der Waals surface area (Å²) >= 11 is 0. The van der Waals surface area contributed by atoms with Crippen LogP contribution in [0.1, 0.15) is 32.6 Å². The van der Waals surface area contributed by atoms with E-state index in [4.69, 9.17) is 5.73 Å². The van der Waals surface area contributed by atoms with Gasteiger partial charge >= 0.3 is 0 Å². The number of likely N-dealkylation sites (tertiary alicyclic amines) is 1. The molecule has 2 aliphatic rings. The summed E-state index contributed by atoms with van der Waals surface area (Å²) in [4.78, 5) is 6.98. The van der Waals surface area contributed by atoms with Crippen molar-refractivity contribution in [2.45, 2.75) is 32.6 Å². The van der Waals surface area contributed by atoms with Gasteiger partial charge in [-0.05, 0) is 51.2 Å². The number of rotatable bonds is 3. The largest absolute Gasteiger partial charge is 0.387 e. The van der Waals surface area contributed by atoms with Gasteiger partial charge in [-0.15, -0.1) is 0 Å². The van der Waals surface area contributed by atoms with Crippen molar-refractivity contribution < 1.29 is 0 Å². The van der Waals surface area contributed by atoms with Gasteiger partial charge < -0.3 is 10.6 Å². The van der Waals surface area contributed by atoms with Crippen molar-refractivity contribution in [3.8, 4) is 0 Å². The SMILES string of the molecule is CN1CCC(C)(CN=C(N)C2CC2)CC1. The highest BCUT2D eigenvalue weighted by Gasteiger charge is 2.30. The van der Waals surface area contributed by atoms with Crippen molar-refractivity contribution in [1.29, 1.82) is 0 Å². The van der Waals surface area contributed by atoms with Gasteiger partial charge in [-0.1, -0.05) is 6.92 Å². The van der Waals surface area contributed by atoms with Gasteiger partial charge in [0, 0.05) is 12.5 Å². The second kappa shape index (κ2) is 4.12. The van der Waals surface area contributed by atoms with Crippen LogP contribution in [0.5, 0.6) is 0 Å². The highest BCUT2D eigenvalue weighted by Crippen LogP contribution is 2.32. The molecule has 0 amide bonds. The molecular weight excluding hydrogens is 186 g/mol. The van der Waals surface area contributed by atoms with Gasteiger partial charge in [-0.3, -0.25) is 4.99 Å². The van der Waals surface area contributed by atoms with Crippen molar-refractivity contribution >= 4 is 5.84 Å². The van der Waals surface area contributed by atoms with Gasteiger partial charge in [-0.25, -0.2) is 0 Å². The van der Waals surface area contributed by atoms with Crippen LogP contribution in [0.15, 0.2) is 4.99 Å². The molecule has 3 heteroatoms. The number of hydrogen-bond donors (Lipinski definition) is 1. The summed E-state index contributed by atoms with van der Waals surface area (Å²) < 4.78 is 0. The normalized spacial score (nSPS) is 28.0. The van der Waals surface area contributed by atoms with E-state index in [2.05, 4.69) is 23.9 Å². The smallest absolute Gasteiger partial charge is 0.0968 e. The van der Waals surface area contributed by atoms with Gasteiger partial charge in [0.1, 0.15) is 0 Å². The van der Waals surface area contributed by atoms with Crippen molar-refractivity contribution in [2.24, 2.45) is 22.1 Å². The predicted molar refractivity (Wildman–Crippen MR) is 64.1 cm³/mol. The second-order valence-corrected chi connectivity index (χ2v) is 5.63.